The molecule has 2 fully saturated rings. The van der Waals surface area contributed by atoms with Crippen LogP contribution >= 0.6 is 0 Å². The Morgan fingerprint density at radius 2 is 1.83 bits per heavy atom. The molecule has 0 aliphatic carbocycles. The minimum atomic E-state index is -4.14. The summed E-state index contributed by atoms with van der Waals surface area (Å²) in [5, 5.41) is 6.33. The van der Waals surface area contributed by atoms with Crippen molar-refractivity contribution in [3.8, 4) is 0 Å². The second-order valence-electron chi connectivity index (χ2n) is 7.00. The molecule has 0 bridgehead atoms. The molecule has 0 radical (unpaired) electrons. The molecule has 0 aromatic carbocycles. The zero-order valence-corrected chi connectivity index (χ0v) is 13.8. The molecule has 2 aliphatic heterocycles. The van der Waals surface area contributed by atoms with E-state index in [0.717, 1.165) is 25.9 Å². The molecule has 2 aliphatic rings. The van der Waals surface area contributed by atoms with Gasteiger partial charge in [-0.1, -0.05) is 6.92 Å². The lowest BCUT2D eigenvalue weighted by Crippen LogP contribution is -2.47. The lowest BCUT2D eigenvalue weighted by atomic mass is 9.84. The Kier molecular flexibility index (Phi) is 6.71. The zero-order chi connectivity index (χ0) is 16.9. The van der Waals surface area contributed by atoms with E-state index < -0.39 is 12.7 Å². The van der Waals surface area contributed by atoms with Gasteiger partial charge in [0.2, 0.25) is 5.91 Å². The van der Waals surface area contributed by atoms with Crippen LogP contribution in [0.1, 0.15) is 39.0 Å². The second kappa shape index (κ2) is 8.33. The second-order valence-corrected chi connectivity index (χ2v) is 7.00. The van der Waals surface area contributed by atoms with Gasteiger partial charge >= 0.3 is 6.18 Å². The molecule has 2 N–H and O–H groups in total. The fourth-order valence-corrected chi connectivity index (χ4v) is 3.65. The fourth-order valence-electron chi connectivity index (χ4n) is 3.65. The zero-order valence-electron chi connectivity index (χ0n) is 13.8. The molecule has 23 heavy (non-hydrogen) atoms. The molecule has 1 unspecified atom stereocenters. The number of hydrogen-bond acceptors (Lipinski definition) is 3. The van der Waals surface area contributed by atoms with Gasteiger partial charge in [0, 0.05) is 25.6 Å². The monoisotopic (exact) mass is 335 g/mol. The lowest BCUT2D eigenvalue weighted by molar-refractivity contribution is -0.148. The van der Waals surface area contributed by atoms with E-state index in [2.05, 4.69) is 17.6 Å². The largest absolute Gasteiger partial charge is 0.401 e. The van der Waals surface area contributed by atoms with Gasteiger partial charge in [0.05, 0.1) is 6.54 Å². The average Bonchev–Trinajstić information content (AvgIpc) is 2.48. The van der Waals surface area contributed by atoms with E-state index in [4.69, 9.17) is 0 Å². The summed E-state index contributed by atoms with van der Waals surface area (Å²) in [6.07, 6.45) is -0.185. The van der Waals surface area contributed by atoms with Crippen molar-refractivity contribution in [2.24, 2.45) is 11.8 Å². The van der Waals surface area contributed by atoms with Crippen LogP contribution in [0.4, 0.5) is 13.2 Å². The molecule has 0 spiro atoms. The minimum Gasteiger partial charge on any atom is -0.353 e. The number of carbonyl (C=O) groups is 1. The van der Waals surface area contributed by atoms with Gasteiger partial charge < -0.3 is 10.6 Å². The highest BCUT2D eigenvalue weighted by Crippen LogP contribution is 2.24. The molecule has 134 valence electrons. The van der Waals surface area contributed by atoms with Crippen LogP contribution in [0.3, 0.4) is 0 Å². The molecular weight excluding hydrogens is 307 g/mol. The third-order valence-electron chi connectivity index (χ3n) is 5.05. The number of amides is 1. The van der Waals surface area contributed by atoms with Gasteiger partial charge in [0.25, 0.3) is 0 Å². The van der Waals surface area contributed by atoms with E-state index in [0.29, 0.717) is 44.2 Å². The number of halogens is 3. The van der Waals surface area contributed by atoms with Crippen molar-refractivity contribution in [3.05, 3.63) is 0 Å². The summed E-state index contributed by atoms with van der Waals surface area (Å²) >= 11 is 0. The van der Waals surface area contributed by atoms with Gasteiger partial charge in [-0.15, -0.1) is 0 Å². The molecular formula is C16H28F3N3O. The average molecular weight is 335 g/mol. The third kappa shape index (κ3) is 6.67. The summed E-state index contributed by atoms with van der Waals surface area (Å²) in [6.45, 7) is 4.12. The Hall–Kier alpha value is -0.820. The third-order valence-corrected chi connectivity index (χ3v) is 5.05. The van der Waals surface area contributed by atoms with E-state index in [9.17, 15) is 18.0 Å². The minimum absolute atomic E-state index is 0.0206. The smallest absolute Gasteiger partial charge is 0.353 e. The van der Waals surface area contributed by atoms with Crippen molar-refractivity contribution < 1.29 is 18.0 Å². The quantitative estimate of drug-likeness (QED) is 0.809. The van der Waals surface area contributed by atoms with E-state index in [1.165, 1.54) is 4.90 Å². The van der Waals surface area contributed by atoms with Gasteiger partial charge in [-0.25, -0.2) is 0 Å². The van der Waals surface area contributed by atoms with Gasteiger partial charge in [0.1, 0.15) is 0 Å². The van der Waals surface area contributed by atoms with E-state index in [-0.39, 0.29) is 11.9 Å². The summed E-state index contributed by atoms with van der Waals surface area (Å²) in [5.74, 6) is 1.00. The Morgan fingerprint density at radius 3 is 2.39 bits per heavy atom. The molecule has 4 nitrogen and oxygen atoms in total. The van der Waals surface area contributed by atoms with Crippen molar-refractivity contribution in [1.82, 2.24) is 15.5 Å². The number of piperidine rings is 2. The first-order chi connectivity index (χ1) is 10.8. The predicted octanol–water partition coefficient (Wildman–Crippen LogP) is 2.16. The normalized spacial score (nSPS) is 23.7. The Morgan fingerprint density at radius 1 is 1.22 bits per heavy atom. The summed E-state index contributed by atoms with van der Waals surface area (Å²) in [7, 11) is 0. The number of rotatable bonds is 5. The standard InChI is InChI=1S/C16H28F3N3O/c1-12(13-2-6-20-7-3-13)10-15(23)21-14-4-8-22(9-5-14)11-16(17,18)19/h12-14,20H,2-11H2,1H3,(H,21,23). The van der Waals surface area contributed by atoms with E-state index in [1.54, 1.807) is 0 Å². The lowest BCUT2D eigenvalue weighted by Gasteiger charge is -2.33. The van der Waals surface area contributed by atoms with Crippen LogP contribution in [0.2, 0.25) is 0 Å². The highest BCUT2D eigenvalue weighted by atomic mass is 19.4. The summed E-state index contributed by atoms with van der Waals surface area (Å²) < 4.78 is 37.1. The fraction of sp³-hybridized carbons (Fsp3) is 0.938. The molecule has 0 aromatic rings. The highest BCUT2D eigenvalue weighted by molar-refractivity contribution is 5.76. The van der Waals surface area contributed by atoms with Gasteiger partial charge in [0.15, 0.2) is 0 Å². The highest BCUT2D eigenvalue weighted by Gasteiger charge is 2.33. The first-order valence-corrected chi connectivity index (χ1v) is 8.62. The maximum atomic E-state index is 12.4. The maximum absolute atomic E-state index is 12.4. The number of nitrogens with zero attached hydrogens (tertiary/aromatic N) is 1. The Bertz CT molecular complexity index is 375. The molecule has 7 heteroatoms. The number of nitrogens with one attached hydrogen (secondary N) is 2. The van der Waals surface area contributed by atoms with Crippen LogP contribution in [-0.2, 0) is 4.79 Å². The number of alkyl halides is 3. The molecule has 2 rings (SSSR count). The van der Waals surface area contributed by atoms with Crippen LogP contribution in [0.25, 0.3) is 0 Å². The summed E-state index contributed by atoms with van der Waals surface area (Å²) in [5.41, 5.74) is 0. The number of likely N-dealkylation sites (tertiary alicyclic amines) is 1. The summed E-state index contributed by atoms with van der Waals surface area (Å²) in [6, 6.07) is 0.0206. The first kappa shape index (κ1) is 18.5. The van der Waals surface area contributed by atoms with Crippen LogP contribution < -0.4 is 10.6 Å². The van der Waals surface area contributed by atoms with Gasteiger partial charge in [-0.2, -0.15) is 13.2 Å². The predicted molar refractivity (Wildman–Crippen MR) is 83.0 cm³/mol. The van der Waals surface area contributed by atoms with Crippen molar-refractivity contribution in [1.29, 1.82) is 0 Å². The maximum Gasteiger partial charge on any atom is 0.401 e. The van der Waals surface area contributed by atoms with Crippen molar-refractivity contribution in [3.63, 3.8) is 0 Å². The van der Waals surface area contributed by atoms with Gasteiger partial charge in [-0.05, 0) is 50.6 Å². The van der Waals surface area contributed by atoms with Crippen molar-refractivity contribution >= 4 is 5.91 Å². The van der Waals surface area contributed by atoms with Crippen LogP contribution in [-0.4, -0.2) is 55.7 Å². The summed E-state index contributed by atoms with van der Waals surface area (Å²) in [4.78, 5) is 13.6. The van der Waals surface area contributed by atoms with E-state index >= 15 is 0 Å². The SMILES string of the molecule is CC(CC(=O)NC1CCN(CC(F)(F)F)CC1)C1CCNCC1. The molecule has 1 atom stereocenters. The Balaban J connectivity index is 1.66. The van der Waals surface area contributed by atoms with Crippen molar-refractivity contribution in [2.45, 2.75) is 51.2 Å². The topological polar surface area (TPSA) is 44.4 Å². The van der Waals surface area contributed by atoms with Gasteiger partial charge in [-0.3, -0.25) is 9.69 Å². The number of hydrogen-bond donors (Lipinski definition) is 2. The Labute approximate surface area is 136 Å². The molecule has 0 saturated carbocycles. The van der Waals surface area contributed by atoms with E-state index in [1.807, 2.05) is 0 Å². The molecule has 2 saturated heterocycles. The van der Waals surface area contributed by atoms with Crippen LogP contribution in [0.15, 0.2) is 0 Å². The molecule has 1 amide bonds. The number of carbonyl (C=O) groups excluding carboxylic acids is 1. The van der Waals surface area contributed by atoms with Crippen LogP contribution in [0, 0.1) is 11.8 Å². The van der Waals surface area contributed by atoms with Crippen molar-refractivity contribution in [2.75, 3.05) is 32.7 Å². The molecule has 0 aromatic heterocycles. The first-order valence-electron chi connectivity index (χ1n) is 8.62. The molecule has 2 heterocycles. The van der Waals surface area contributed by atoms with Crippen LogP contribution in [0.5, 0.6) is 0 Å².